The summed E-state index contributed by atoms with van der Waals surface area (Å²) in [7, 11) is 2.10. The summed E-state index contributed by atoms with van der Waals surface area (Å²) in [5, 5.41) is 0. The summed E-state index contributed by atoms with van der Waals surface area (Å²) in [6.07, 6.45) is 2.17. The maximum atomic E-state index is 5.35. The first-order chi connectivity index (χ1) is 5.81. The quantitative estimate of drug-likeness (QED) is 0.623. The fourth-order valence-corrected chi connectivity index (χ4v) is 0.834. The molecule has 4 N–H and O–H groups in total. The van der Waals surface area contributed by atoms with Crippen LogP contribution >= 0.6 is 0 Å². The lowest BCUT2D eigenvalue weighted by Gasteiger charge is -2.14. The van der Waals surface area contributed by atoms with E-state index in [-0.39, 0.29) is 0 Å². The van der Waals surface area contributed by atoms with Crippen LogP contribution in [0.2, 0.25) is 0 Å². The minimum atomic E-state index is 0.785. The molecule has 12 heavy (non-hydrogen) atoms. The molecule has 0 fully saturated rings. The molecule has 3 heteroatoms. The lowest BCUT2D eigenvalue weighted by Crippen LogP contribution is -2.24. The van der Waals surface area contributed by atoms with E-state index in [2.05, 4.69) is 11.9 Å². The van der Waals surface area contributed by atoms with Crippen molar-refractivity contribution in [1.29, 1.82) is 0 Å². The molecule has 0 saturated heterocycles. The summed E-state index contributed by atoms with van der Waals surface area (Å²) in [6, 6.07) is 0. The summed E-state index contributed by atoms with van der Waals surface area (Å²) in [5.41, 5.74) is 10.7. The summed E-state index contributed by atoms with van der Waals surface area (Å²) in [6.45, 7) is 7.76. The van der Waals surface area contributed by atoms with Gasteiger partial charge in [0.2, 0.25) is 0 Å². The minimum absolute atomic E-state index is 0.785. The second-order valence-electron chi connectivity index (χ2n) is 2.59. The molecular formula is C9H25N3. The van der Waals surface area contributed by atoms with E-state index in [0.717, 1.165) is 39.0 Å². The molecule has 0 amide bonds. The predicted octanol–water partition coefficient (Wildman–Crippen LogP) is 0.642. The van der Waals surface area contributed by atoms with E-state index in [4.69, 9.17) is 11.5 Å². The van der Waals surface area contributed by atoms with Crippen LogP contribution in [-0.2, 0) is 0 Å². The third-order valence-electron chi connectivity index (χ3n) is 1.49. The van der Waals surface area contributed by atoms with Crippen LogP contribution in [-0.4, -0.2) is 38.1 Å². The molecule has 76 valence electrons. The Morgan fingerprint density at radius 3 is 1.50 bits per heavy atom. The van der Waals surface area contributed by atoms with Crippen molar-refractivity contribution < 1.29 is 0 Å². The normalized spacial score (nSPS) is 9.50. The minimum Gasteiger partial charge on any atom is -0.330 e. The zero-order valence-electron chi connectivity index (χ0n) is 8.84. The Labute approximate surface area is 77.1 Å². The number of hydrogen-bond acceptors (Lipinski definition) is 3. The van der Waals surface area contributed by atoms with Crippen molar-refractivity contribution in [3.05, 3.63) is 0 Å². The lowest BCUT2D eigenvalue weighted by molar-refractivity contribution is 0.329. The van der Waals surface area contributed by atoms with Crippen molar-refractivity contribution in [1.82, 2.24) is 4.90 Å². The van der Waals surface area contributed by atoms with Gasteiger partial charge in [0.1, 0.15) is 0 Å². The lowest BCUT2D eigenvalue weighted by atomic mass is 10.3. The van der Waals surface area contributed by atoms with Gasteiger partial charge in [-0.25, -0.2) is 0 Å². The van der Waals surface area contributed by atoms with Crippen molar-refractivity contribution >= 4 is 0 Å². The van der Waals surface area contributed by atoms with Crippen LogP contribution in [0.3, 0.4) is 0 Å². The summed E-state index contributed by atoms with van der Waals surface area (Å²) >= 11 is 0. The standard InChI is InChI=1S/C7H19N3.C2H6/c1-10(6-2-4-8)7-3-5-9;1-2/h2-9H2,1H3;1-2H3. The molecule has 3 nitrogen and oxygen atoms in total. The van der Waals surface area contributed by atoms with E-state index in [0.29, 0.717) is 0 Å². The first kappa shape index (κ1) is 14.4. The van der Waals surface area contributed by atoms with E-state index < -0.39 is 0 Å². The first-order valence-electron chi connectivity index (χ1n) is 4.90. The van der Waals surface area contributed by atoms with Crippen molar-refractivity contribution in [3.8, 4) is 0 Å². The number of rotatable bonds is 6. The van der Waals surface area contributed by atoms with Crippen molar-refractivity contribution in [2.75, 3.05) is 33.2 Å². The van der Waals surface area contributed by atoms with E-state index in [9.17, 15) is 0 Å². The topological polar surface area (TPSA) is 55.3 Å². The smallest absolute Gasteiger partial charge is 0.000976 e. The molecule has 0 aromatic carbocycles. The molecule has 0 aliphatic rings. The Hall–Kier alpha value is -0.120. The van der Waals surface area contributed by atoms with Gasteiger partial charge < -0.3 is 16.4 Å². The van der Waals surface area contributed by atoms with Gasteiger partial charge in [0.25, 0.3) is 0 Å². The van der Waals surface area contributed by atoms with Gasteiger partial charge >= 0.3 is 0 Å². The molecule has 0 unspecified atom stereocenters. The van der Waals surface area contributed by atoms with Gasteiger partial charge in [0, 0.05) is 0 Å². The number of nitrogens with two attached hydrogens (primary N) is 2. The SMILES string of the molecule is CC.CN(CCCN)CCCN. The van der Waals surface area contributed by atoms with E-state index in [1.807, 2.05) is 13.8 Å². The molecule has 0 bridgehead atoms. The predicted molar refractivity (Wildman–Crippen MR) is 56.2 cm³/mol. The Morgan fingerprint density at radius 2 is 1.25 bits per heavy atom. The molecule has 0 aromatic heterocycles. The molecule has 0 atom stereocenters. The molecule has 0 aliphatic carbocycles. The van der Waals surface area contributed by atoms with Gasteiger partial charge in [0.15, 0.2) is 0 Å². The average molecular weight is 175 g/mol. The summed E-state index contributed by atoms with van der Waals surface area (Å²) < 4.78 is 0. The van der Waals surface area contributed by atoms with Crippen molar-refractivity contribution in [2.45, 2.75) is 26.7 Å². The van der Waals surface area contributed by atoms with Gasteiger partial charge in [-0.3, -0.25) is 0 Å². The van der Waals surface area contributed by atoms with E-state index in [1.165, 1.54) is 0 Å². The Morgan fingerprint density at radius 1 is 0.917 bits per heavy atom. The number of nitrogens with zero attached hydrogens (tertiary/aromatic N) is 1. The monoisotopic (exact) mass is 175 g/mol. The maximum Gasteiger partial charge on any atom is -0.000976 e. The Balaban J connectivity index is 0. The van der Waals surface area contributed by atoms with Crippen LogP contribution in [0.1, 0.15) is 26.7 Å². The van der Waals surface area contributed by atoms with Gasteiger partial charge in [-0.2, -0.15) is 0 Å². The molecule has 0 aromatic rings. The second-order valence-corrected chi connectivity index (χ2v) is 2.59. The third-order valence-corrected chi connectivity index (χ3v) is 1.49. The van der Waals surface area contributed by atoms with Gasteiger partial charge in [-0.1, -0.05) is 13.8 Å². The zero-order valence-corrected chi connectivity index (χ0v) is 8.84. The molecular weight excluding hydrogens is 150 g/mol. The highest BCUT2D eigenvalue weighted by Crippen LogP contribution is 1.86. The largest absolute Gasteiger partial charge is 0.330 e. The van der Waals surface area contributed by atoms with Crippen LogP contribution in [0, 0.1) is 0 Å². The molecule has 0 rings (SSSR count). The zero-order chi connectivity index (χ0) is 9.82. The number of hydrogen-bond donors (Lipinski definition) is 2. The highest BCUT2D eigenvalue weighted by molar-refractivity contribution is 4.51. The third kappa shape index (κ3) is 12.5. The fraction of sp³-hybridized carbons (Fsp3) is 1.00. The van der Waals surface area contributed by atoms with E-state index >= 15 is 0 Å². The summed E-state index contributed by atoms with van der Waals surface area (Å²) in [4.78, 5) is 2.26. The van der Waals surface area contributed by atoms with Crippen molar-refractivity contribution in [3.63, 3.8) is 0 Å². The molecule has 0 spiro atoms. The average Bonchev–Trinajstić information content (AvgIpc) is 2.14. The van der Waals surface area contributed by atoms with Crippen LogP contribution in [0.5, 0.6) is 0 Å². The molecule has 0 aliphatic heterocycles. The van der Waals surface area contributed by atoms with E-state index in [1.54, 1.807) is 0 Å². The second kappa shape index (κ2) is 13.5. The first-order valence-corrected chi connectivity index (χ1v) is 4.90. The van der Waals surface area contributed by atoms with Gasteiger partial charge in [-0.05, 0) is 46.1 Å². The summed E-state index contributed by atoms with van der Waals surface area (Å²) in [5.74, 6) is 0. The molecule has 0 radical (unpaired) electrons. The highest BCUT2D eigenvalue weighted by atomic mass is 15.1. The van der Waals surface area contributed by atoms with Crippen LogP contribution < -0.4 is 11.5 Å². The van der Waals surface area contributed by atoms with Crippen LogP contribution in [0.25, 0.3) is 0 Å². The Bertz CT molecular complexity index is 58.8. The van der Waals surface area contributed by atoms with Crippen LogP contribution in [0.4, 0.5) is 0 Å². The van der Waals surface area contributed by atoms with Gasteiger partial charge in [-0.15, -0.1) is 0 Å². The van der Waals surface area contributed by atoms with Crippen molar-refractivity contribution in [2.24, 2.45) is 11.5 Å². The molecule has 0 heterocycles. The fourth-order valence-electron chi connectivity index (χ4n) is 0.834. The van der Waals surface area contributed by atoms with Gasteiger partial charge in [0.05, 0.1) is 0 Å². The maximum absolute atomic E-state index is 5.35. The Kier molecular flexibility index (Phi) is 16.2. The molecule has 0 saturated carbocycles. The van der Waals surface area contributed by atoms with Crippen LogP contribution in [0.15, 0.2) is 0 Å². The highest BCUT2D eigenvalue weighted by Gasteiger charge is 1.94.